The molecule has 1 rings (SSSR count). The van der Waals surface area contributed by atoms with E-state index >= 15 is 0 Å². The van der Waals surface area contributed by atoms with Crippen molar-refractivity contribution < 1.29 is 9.90 Å². The lowest BCUT2D eigenvalue weighted by molar-refractivity contribution is -0.118. The van der Waals surface area contributed by atoms with Crippen LogP contribution in [0.25, 0.3) is 0 Å². The quantitative estimate of drug-likeness (QED) is 0.635. The maximum Gasteiger partial charge on any atom is 0.216 e. The molecule has 4 heteroatoms. The smallest absolute Gasteiger partial charge is 0.216 e. The number of hydrogen-bond acceptors (Lipinski definition) is 3. The van der Waals surface area contributed by atoms with E-state index in [0.29, 0.717) is 13.1 Å². The minimum Gasteiger partial charge on any atom is -0.387 e. The monoisotopic (exact) mass is 278 g/mol. The Balaban J connectivity index is 2.43. The number of aliphatic hydroxyl groups excluding tert-OH is 1. The maximum absolute atomic E-state index is 10.7. The summed E-state index contributed by atoms with van der Waals surface area (Å²) < 4.78 is 0. The third kappa shape index (κ3) is 5.72. The highest BCUT2D eigenvalue weighted by Crippen LogP contribution is 2.17. The molecule has 0 aliphatic rings. The molecule has 1 aromatic carbocycles. The maximum atomic E-state index is 10.7. The number of aliphatic hydroxyl groups is 1. The van der Waals surface area contributed by atoms with Gasteiger partial charge in [0.05, 0.1) is 6.10 Å². The van der Waals surface area contributed by atoms with E-state index in [9.17, 15) is 9.90 Å². The third-order valence-corrected chi connectivity index (χ3v) is 3.30. The zero-order chi connectivity index (χ0) is 15.0. The second-order valence-electron chi connectivity index (χ2n) is 5.16. The van der Waals surface area contributed by atoms with Crippen LogP contribution in [0.3, 0.4) is 0 Å². The number of aryl methyl sites for hydroxylation is 1. The van der Waals surface area contributed by atoms with E-state index in [0.717, 1.165) is 18.4 Å². The van der Waals surface area contributed by atoms with Crippen molar-refractivity contribution in [2.45, 2.75) is 45.8 Å². The molecule has 112 valence electrons. The predicted molar refractivity (Wildman–Crippen MR) is 81.5 cm³/mol. The fraction of sp³-hybridized carbons (Fsp3) is 0.562. The van der Waals surface area contributed by atoms with E-state index in [1.165, 1.54) is 12.5 Å². The van der Waals surface area contributed by atoms with E-state index in [-0.39, 0.29) is 11.9 Å². The Bertz CT molecular complexity index is 403. The summed E-state index contributed by atoms with van der Waals surface area (Å²) in [5.74, 6) is -0.0356. The van der Waals surface area contributed by atoms with Gasteiger partial charge < -0.3 is 15.7 Å². The van der Waals surface area contributed by atoms with Crippen molar-refractivity contribution >= 4 is 5.91 Å². The molecule has 0 spiro atoms. The minimum absolute atomic E-state index is 0.0356. The van der Waals surface area contributed by atoms with Gasteiger partial charge in [0.2, 0.25) is 5.91 Å². The lowest BCUT2D eigenvalue weighted by atomic mass is 10.0. The fourth-order valence-corrected chi connectivity index (χ4v) is 2.11. The van der Waals surface area contributed by atoms with Crippen molar-refractivity contribution in [2.75, 3.05) is 13.1 Å². The van der Waals surface area contributed by atoms with Crippen LogP contribution >= 0.6 is 0 Å². The summed E-state index contributed by atoms with van der Waals surface area (Å²) in [4.78, 5) is 10.7. The van der Waals surface area contributed by atoms with Crippen LogP contribution in [0.1, 0.15) is 44.4 Å². The molecule has 0 aromatic heterocycles. The predicted octanol–water partition coefficient (Wildman–Crippen LogP) is 1.79. The van der Waals surface area contributed by atoms with Crippen LogP contribution in [0, 0.1) is 0 Å². The first-order chi connectivity index (χ1) is 9.54. The van der Waals surface area contributed by atoms with Crippen molar-refractivity contribution in [1.82, 2.24) is 10.6 Å². The highest BCUT2D eigenvalue weighted by Gasteiger charge is 2.15. The van der Waals surface area contributed by atoms with Gasteiger partial charge in [-0.05, 0) is 24.5 Å². The number of hydrogen-bond donors (Lipinski definition) is 3. The Labute approximate surface area is 121 Å². The van der Waals surface area contributed by atoms with Gasteiger partial charge in [-0.25, -0.2) is 0 Å². The first-order valence-electron chi connectivity index (χ1n) is 7.29. The highest BCUT2D eigenvalue weighted by molar-refractivity contribution is 5.72. The van der Waals surface area contributed by atoms with Crippen LogP contribution < -0.4 is 10.6 Å². The SMILES string of the molecule is CCCc1ccc(C(O)C(C)NCCNC(C)=O)cc1. The largest absolute Gasteiger partial charge is 0.387 e. The van der Waals surface area contributed by atoms with Crippen molar-refractivity contribution in [2.24, 2.45) is 0 Å². The summed E-state index contributed by atoms with van der Waals surface area (Å²) in [6.07, 6.45) is 1.66. The number of rotatable bonds is 8. The number of nitrogens with one attached hydrogen (secondary N) is 2. The van der Waals surface area contributed by atoms with Gasteiger partial charge in [-0.3, -0.25) is 4.79 Å². The van der Waals surface area contributed by atoms with E-state index in [4.69, 9.17) is 0 Å². The van der Waals surface area contributed by atoms with Crippen molar-refractivity contribution in [3.63, 3.8) is 0 Å². The molecule has 0 fully saturated rings. The van der Waals surface area contributed by atoms with Gasteiger partial charge in [0, 0.05) is 26.1 Å². The van der Waals surface area contributed by atoms with Gasteiger partial charge in [0.25, 0.3) is 0 Å². The Morgan fingerprint density at radius 2 is 1.90 bits per heavy atom. The number of carbonyl (C=O) groups excluding carboxylic acids is 1. The van der Waals surface area contributed by atoms with Gasteiger partial charge in [-0.2, -0.15) is 0 Å². The molecule has 0 bridgehead atoms. The lowest BCUT2D eigenvalue weighted by Crippen LogP contribution is -2.38. The molecule has 1 aromatic rings. The van der Waals surface area contributed by atoms with Crippen molar-refractivity contribution in [3.05, 3.63) is 35.4 Å². The molecule has 20 heavy (non-hydrogen) atoms. The Hall–Kier alpha value is -1.39. The van der Waals surface area contributed by atoms with Crippen LogP contribution in [0.5, 0.6) is 0 Å². The molecular formula is C16H26N2O2. The Kier molecular flexibility index (Phi) is 7.26. The first kappa shape index (κ1) is 16.7. The second kappa shape index (κ2) is 8.72. The third-order valence-electron chi connectivity index (χ3n) is 3.30. The molecular weight excluding hydrogens is 252 g/mol. The highest BCUT2D eigenvalue weighted by atomic mass is 16.3. The van der Waals surface area contributed by atoms with Gasteiger partial charge in [-0.15, -0.1) is 0 Å². The van der Waals surface area contributed by atoms with Crippen LogP contribution in [0.2, 0.25) is 0 Å². The molecule has 0 heterocycles. The fourth-order valence-electron chi connectivity index (χ4n) is 2.11. The molecule has 2 atom stereocenters. The van der Waals surface area contributed by atoms with E-state index < -0.39 is 6.10 Å². The standard InChI is InChI=1S/C16H26N2O2/c1-4-5-14-6-8-15(9-7-14)16(20)12(2)17-10-11-18-13(3)19/h6-9,12,16-17,20H,4-5,10-11H2,1-3H3,(H,18,19). The Morgan fingerprint density at radius 3 is 2.45 bits per heavy atom. The number of carbonyl (C=O) groups is 1. The average molecular weight is 278 g/mol. The number of amides is 1. The van der Waals surface area contributed by atoms with Gasteiger partial charge in [0.1, 0.15) is 0 Å². The second-order valence-corrected chi connectivity index (χ2v) is 5.16. The van der Waals surface area contributed by atoms with Crippen LogP contribution in [0.15, 0.2) is 24.3 Å². The molecule has 0 aliphatic heterocycles. The van der Waals surface area contributed by atoms with Crippen LogP contribution in [-0.2, 0) is 11.2 Å². The summed E-state index contributed by atoms with van der Waals surface area (Å²) in [7, 11) is 0. The zero-order valence-electron chi connectivity index (χ0n) is 12.6. The van der Waals surface area contributed by atoms with Crippen molar-refractivity contribution in [3.8, 4) is 0 Å². The molecule has 2 unspecified atom stereocenters. The summed E-state index contributed by atoms with van der Waals surface area (Å²) in [6, 6.07) is 8.07. The van der Waals surface area contributed by atoms with Crippen LogP contribution in [-0.4, -0.2) is 30.1 Å². The Morgan fingerprint density at radius 1 is 1.25 bits per heavy atom. The molecule has 0 saturated carbocycles. The van der Waals surface area contributed by atoms with Gasteiger partial charge >= 0.3 is 0 Å². The van der Waals surface area contributed by atoms with Crippen molar-refractivity contribution in [1.29, 1.82) is 0 Å². The summed E-state index contributed by atoms with van der Waals surface area (Å²) in [5, 5.41) is 16.2. The molecule has 0 saturated heterocycles. The molecule has 4 nitrogen and oxygen atoms in total. The topological polar surface area (TPSA) is 61.4 Å². The molecule has 1 amide bonds. The zero-order valence-corrected chi connectivity index (χ0v) is 12.6. The van der Waals surface area contributed by atoms with Gasteiger partial charge in [0.15, 0.2) is 0 Å². The molecule has 3 N–H and O–H groups in total. The summed E-state index contributed by atoms with van der Waals surface area (Å²) >= 11 is 0. The molecule has 0 radical (unpaired) electrons. The summed E-state index contributed by atoms with van der Waals surface area (Å²) in [6.45, 7) is 6.81. The van der Waals surface area contributed by atoms with Gasteiger partial charge in [-0.1, -0.05) is 37.6 Å². The first-order valence-corrected chi connectivity index (χ1v) is 7.29. The van der Waals surface area contributed by atoms with E-state index in [1.54, 1.807) is 0 Å². The van der Waals surface area contributed by atoms with E-state index in [1.807, 2.05) is 19.1 Å². The van der Waals surface area contributed by atoms with E-state index in [2.05, 4.69) is 29.7 Å². The normalized spacial score (nSPS) is 13.8. The lowest BCUT2D eigenvalue weighted by Gasteiger charge is -2.21. The van der Waals surface area contributed by atoms with Crippen LogP contribution in [0.4, 0.5) is 0 Å². The minimum atomic E-state index is -0.539. The molecule has 0 aliphatic carbocycles. The summed E-state index contributed by atoms with van der Waals surface area (Å²) in [5.41, 5.74) is 2.22. The average Bonchev–Trinajstić information content (AvgIpc) is 2.43. The number of benzene rings is 1.